The van der Waals surface area contributed by atoms with E-state index in [1.54, 1.807) is 0 Å². The van der Waals surface area contributed by atoms with Crippen molar-refractivity contribution in [1.29, 1.82) is 0 Å². The Labute approximate surface area is 116 Å². The molecule has 3 rings (SSSR count). The van der Waals surface area contributed by atoms with Gasteiger partial charge in [-0.2, -0.15) is 0 Å². The summed E-state index contributed by atoms with van der Waals surface area (Å²) in [5.41, 5.74) is 2.96. The van der Waals surface area contributed by atoms with Gasteiger partial charge in [0.25, 0.3) is 0 Å². The summed E-state index contributed by atoms with van der Waals surface area (Å²) < 4.78 is 0.904. The number of pyridine rings is 1. The van der Waals surface area contributed by atoms with Gasteiger partial charge in [-0.1, -0.05) is 30.3 Å². The molecular formula is C15H15BrN2. The van der Waals surface area contributed by atoms with E-state index in [1.165, 1.54) is 11.1 Å². The Hall–Kier alpha value is -1.35. The van der Waals surface area contributed by atoms with Crippen molar-refractivity contribution < 1.29 is 0 Å². The van der Waals surface area contributed by atoms with Gasteiger partial charge in [-0.15, -0.1) is 0 Å². The van der Waals surface area contributed by atoms with E-state index in [-0.39, 0.29) is 0 Å². The van der Waals surface area contributed by atoms with Crippen LogP contribution in [0.4, 0.5) is 5.82 Å². The van der Waals surface area contributed by atoms with Gasteiger partial charge >= 0.3 is 0 Å². The standard InChI is InChI=1S/C15H15BrN2/c16-14-6-3-7-15(17-14)18-10-8-12-4-1-2-5-13(12)9-11-18/h1-7H,8-11H2. The Balaban J connectivity index is 1.83. The number of hydrogen-bond donors (Lipinski definition) is 0. The van der Waals surface area contributed by atoms with Crippen LogP contribution in [0.1, 0.15) is 11.1 Å². The highest BCUT2D eigenvalue weighted by Crippen LogP contribution is 2.20. The molecule has 0 saturated heterocycles. The molecule has 0 fully saturated rings. The fraction of sp³-hybridized carbons (Fsp3) is 0.267. The highest BCUT2D eigenvalue weighted by molar-refractivity contribution is 9.10. The topological polar surface area (TPSA) is 16.1 Å². The Morgan fingerprint density at radius 2 is 1.56 bits per heavy atom. The smallest absolute Gasteiger partial charge is 0.129 e. The van der Waals surface area contributed by atoms with Crippen LogP contribution in [0.15, 0.2) is 47.1 Å². The molecule has 1 aliphatic heterocycles. The van der Waals surface area contributed by atoms with Crippen molar-refractivity contribution in [3.05, 3.63) is 58.2 Å². The summed E-state index contributed by atoms with van der Waals surface area (Å²) in [6.07, 6.45) is 2.20. The molecule has 0 atom stereocenters. The van der Waals surface area contributed by atoms with Gasteiger partial charge in [0, 0.05) is 13.1 Å². The fourth-order valence-corrected chi connectivity index (χ4v) is 2.80. The second-order valence-corrected chi connectivity index (χ2v) is 5.39. The number of nitrogens with zero attached hydrogens (tertiary/aromatic N) is 2. The second-order valence-electron chi connectivity index (χ2n) is 4.57. The van der Waals surface area contributed by atoms with Crippen molar-refractivity contribution in [3.63, 3.8) is 0 Å². The van der Waals surface area contributed by atoms with Crippen molar-refractivity contribution in [3.8, 4) is 0 Å². The van der Waals surface area contributed by atoms with Crippen LogP contribution in [-0.2, 0) is 12.8 Å². The van der Waals surface area contributed by atoms with Crippen LogP contribution < -0.4 is 4.90 Å². The molecule has 0 amide bonds. The molecule has 1 aliphatic rings. The number of benzene rings is 1. The van der Waals surface area contributed by atoms with E-state index in [0.29, 0.717) is 0 Å². The minimum atomic E-state index is 0.904. The van der Waals surface area contributed by atoms with Gasteiger partial charge in [0.1, 0.15) is 10.4 Å². The van der Waals surface area contributed by atoms with E-state index in [2.05, 4.69) is 56.1 Å². The second kappa shape index (κ2) is 5.11. The molecule has 2 heterocycles. The molecule has 0 saturated carbocycles. The summed E-state index contributed by atoms with van der Waals surface area (Å²) in [5.74, 6) is 1.07. The van der Waals surface area contributed by atoms with E-state index >= 15 is 0 Å². The average Bonchev–Trinajstić information content (AvgIpc) is 2.61. The van der Waals surface area contributed by atoms with Crippen LogP contribution >= 0.6 is 15.9 Å². The molecule has 3 heteroatoms. The molecule has 1 aromatic carbocycles. The Morgan fingerprint density at radius 3 is 2.17 bits per heavy atom. The van der Waals surface area contributed by atoms with Crippen LogP contribution in [-0.4, -0.2) is 18.1 Å². The molecule has 0 unspecified atom stereocenters. The van der Waals surface area contributed by atoms with E-state index in [4.69, 9.17) is 0 Å². The lowest BCUT2D eigenvalue weighted by molar-refractivity contribution is 0.789. The van der Waals surface area contributed by atoms with Gasteiger partial charge in [0.05, 0.1) is 0 Å². The quantitative estimate of drug-likeness (QED) is 0.750. The van der Waals surface area contributed by atoms with Crippen LogP contribution in [0.3, 0.4) is 0 Å². The zero-order chi connectivity index (χ0) is 12.4. The zero-order valence-electron chi connectivity index (χ0n) is 10.1. The minimum absolute atomic E-state index is 0.904. The molecule has 0 aliphatic carbocycles. The van der Waals surface area contributed by atoms with Crippen LogP contribution in [0, 0.1) is 0 Å². The van der Waals surface area contributed by atoms with Crippen LogP contribution in [0.25, 0.3) is 0 Å². The molecule has 0 N–H and O–H groups in total. The van der Waals surface area contributed by atoms with Gasteiger partial charge in [-0.25, -0.2) is 4.98 Å². The summed E-state index contributed by atoms with van der Waals surface area (Å²) in [6.45, 7) is 2.08. The Kier molecular flexibility index (Phi) is 3.33. The maximum Gasteiger partial charge on any atom is 0.129 e. The fourth-order valence-electron chi connectivity index (χ4n) is 2.47. The monoisotopic (exact) mass is 302 g/mol. The number of hydrogen-bond acceptors (Lipinski definition) is 2. The van der Waals surface area contributed by atoms with E-state index in [1.807, 2.05) is 12.1 Å². The van der Waals surface area contributed by atoms with Crippen molar-refractivity contribution >= 4 is 21.7 Å². The SMILES string of the molecule is Brc1cccc(N2CCc3ccccc3CC2)n1. The van der Waals surface area contributed by atoms with Crippen LogP contribution in [0.2, 0.25) is 0 Å². The number of halogens is 1. The molecule has 2 aromatic rings. The van der Waals surface area contributed by atoms with Gasteiger partial charge in [0.15, 0.2) is 0 Å². The average molecular weight is 303 g/mol. The summed E-state index contributed by atoms with van der Waals surface area (Å²) >= 11 is 3.44. The third-order valence-electron chi connectivity index (χ3n) is 3.44. The highest BCUT2D eigenvalue weighted by Gasteiger charge is 2.14. The number of aromatic nitrogens is 1. The molecule has 0 radical (unpaired) electrons. The number of anilines is 1. The first-order chi connectivity index (χ1) is 8.83. The Morgan fingerprint density at radius 1 is 0.889 bits per heavy atom. The largest absolute Gasteiger partial charge is 0.356 e. The molecule has 92 valence electrons. The number of rotatable bonds is 1. The van der Waals surface area contributed by atoms with Gasteiger partial charge < -0.3 is 4.90 Å². The van der Waals surface area contributed by atoms with E-state index in [0.717, 1.165) is 36.4 Å². The molecule has 2 nitrogen and oxygen atoms in total. The third-order valence-corrected chi connectivity index (χ3v) is 3.89. The first kappa shape index (κ1) is 11.7. The van der Waals surface area contributed by atoms with Crippen LogP contribution in [0.5, 0.6) is 0 Å². The normalized spacial score (nSPS) is 15.1. The summed E-state index contributed by atoms with van der Waals surface area (Å²) in [7, 11) is 0. The predicted molar refractivity (Wildman–Crippen MR) is 78.0 cm³/mol. The third kappa shape index (κ3) is 2.41. The summed E-state index contributed by atoms with van der Waals surface area (Å²) in [4.78, 5) is 6.91. The Bertz CT molecular complexity index is 527. The van der Waals surface area contributed by atoms with Gasteiger partial charge in [-0.3, -0.25) is 0 Å². The molecule has 1 aromatic heterocycles. The van der Waals surface area contributed by atoms with Crippen molar-refractivity contribution in [2.75, 3.05) is 18.0 Å². The van der Waals surface area contributed by atoms with Crippen molar-refractivity contribution in [2.45, 2.75) is 12.8 Å². The van der Waals surface area contributed by atoms with E-state index < -0.39 is 0 Å². The molecular weight excluding hydrogens is 288 g/mol. The lowest BCUT2D eigenvalue weighted by Gasteiger charge is -2.21. The molecule has 18 heavy (non-hydrogen) atoms. The first-order valence-corrected chi connectivity index (χ1v) is 7.06. The highest BCUT2D eigenvalue weighted by atomic mass is 79.9. The van der Waals surface area contributed by atoms with Crippen molar-refractivity contribution in [1.82, 2.24) is 4.98 Å². The zero-order valence-corrected chi connectivity index (χ0v) is 11.7. The maximum atomic E-state index is 4.54. The first-order valence-electron chi connectivity index (χ1n) is 6.27. The summed E-state index contributed by atoms with van der Waals surface area (Å²) in [5, 5.41) is 0. The lowest BCUT2D eigenvalue weighted by Crippen LogP contribution is -2.26. The number of fused-ring (bicyclic) bond motifs is 1. The van der Waals surface area contributed by atoms with E-state index in [9.17, 15) is 0 Å². The maximum absolute atomic E-state index is 4.54. The minimum Gasteiger partial charge on any atom is -0.356 e. The molecule has 0 spiro atoms. The summed E-state index contributed by atoms with van der Waals surface area (Å²) in [6, 6.07) is 14.8. The predicted octanol–water partition coefficient (Wildman–Crippen LogP) is 3.45. The van der Waals surface area contributed by atoms with Crippen molar-refractivity contribution in [2.24, 2.45) is 0 Å². The molecule has 0 bridgehead atoms. The van der Waals surface area contributed by atoms with Gasteiger partial charge in [0.2, 0.25) is 0 Å². The lowest BCUT2D eigenvalue weighted by atomic mass is 10.0. The van der Waals surface area contributed by atoms with Gasteiger partial charge in [-0.05, 0) is 52.0 Å².